The molecule has 2 aliphatic rings. The summed E-state index contributed by atoms with van der Waals surface area (Å²) in [5.41, 5.74) is 3.48. The summed E-state index contributed by atoms with van der Waals surface area (Å²) < 4.78 is 0. The fraction of sp³-hybridized carbons (Fsp3) is 0.733. The molecule has 0 aromatic heterocycles. The van der Waals surface area contributed by atoms with Gasteiger partial charge in [0, 0.05) is 0 Å². The Hall–Kier alpha value is -0.520. The van der Waals surface area contributed by atoms with Gasteiger partial charge in [0.05, 0.1) is 0 Å². The van der Waals surface area contributed by atoms with E-state index in [1.165, 1.54) is 49.7 Å². The summed E-state index contributed by atoms with van der Waals surface area (Å²) in [6, 6.07) is 0. The summed E-state index contributed by atoms with van der Waals surface area (Å²) in [4.78, 5) is 0. The Kier molecular flexibility index (Phi) is 2.79. The first-order valence-electron chi connectivity index (χ1n) is 6.36. The third-order valence-corrected chi connectivity index (χ3v) is 4.86. The maximum atomic E-state index is 4.31. The van der Waals surface area contributed by atoms with Gasteiger partial charge in [-0.3, -0.25) is 0 Å². The molecule has 3 atom stereocenters. The lowest BCUT2D eigenvalue weighted by atomic mass is 9.56. The molecule has 2 rings (SSSR count). The number of rotatable bonds is 1. The second kappa shape index (κ2) is 3.81. The zero-order valence-corrected chi connectivity index (χ0v) is 10.3. The first-order chi connectivity index (χ1) is 7.03. The molecule has 2 saturated carbocycles. The molecular formula is C15H24. The fourth-order valence-corrected chi connectivity index (χ4v) is 3.66. The van der Waals surface area contributed by atoms with Gasteiger partial charge in [-0.15, -0.1) is 0 Å². The topological polar surface area (TPSA) is 0 Å². The summed E-state index contributed by atoms with van der Waals surface area (Å²) in [7, 11) is 0. The van der Waals surface area contributed by atoms with Gasteiger partial charge in [-0.2, -0.15) is 0 Å². The fourth-order valence-electron chi connectivity index (χ4n) is 3.66. The van der Waals surface area contributed by atoms with Crippen LogP contribution in [0.5, 0.6) is 0 Å². The highest BCUT2D eigenvalue weighted by atomic mass is 14.5. The molecule has 0 amide bonds. The molecule has 0 aliphatic heterocycles. The maximum Gasteiger partial charge on any atom is -0.0146 e. The van der Waals surface area contributed by atoms with Gasteiger partial charge in [-0.1, -0.05) is 31.2 Å². The van der Waals surface area contributed by atoms with Crippen molar-refractivity contribution in [2.45, 2.75) is 52.4 Å². The minimum Gasteiger partial charge on any atom is -0.0999 e. The Morgan fingerprint density at radius 2 is 2.13 bits per heavy atom. The number of allylic oxidation sites excluding steroid dienone is 2. The molecule has 0 bridgehead atoms. The quantitative estimate of drug-likeness (QED) is 0.542. The molecule has 2 aliphatic carbocycles. The van der Waals surface area contributed by atoms with Crippen LogP contribution in [0.2, 0.25) is 0 Å². The summed E-state index contributed by atoms with van der Waals surface area (Å²) in [6.45, 7) is 13.1. The van der Waals surface area contributed by atoms with Crippen molar-refractivity contribution in [2.24, 2.45) is 17.3 Å². The number of hydrogen-bond donors (Lipinski definition) is 0. The van der Waals surface area contributed by atoms with E-state index < -0.39 is 0 Å². The van der Waals surface area contributed by atoms with Crippen molar-refractivity contribution in [3.63, 3.8) is 0 Å². The van der Waals surface area contributed by atoms with E-state index in [-0.39, 0.29) is 0 Å². The third kappa shape index (κ3) is 1.91. The van der Waals surface area contributed by atoms with Gasteiger partial charge >= 0.3 is 0 Å². The minimum absolute atomic E-state index is 0.571. The van der Waals surface area contributed by atoms with Gasteiger partial charge in [-0.05, 0) is 62.7 Å². The molecule has 0 unspecified atom stereocenters. The predicted molar refractivity (Wildman–Crippen MR) is 66.7 cm³/mol. The highest BCUT2D eigenvalue weighted by Crippen LogP contribution is 2.54. The Morgan fingerprint density at radius 3 is 2.80 bits per heavy atom. The lowest BCUT2D eigenvalue weighted by Crippen LogP contribution is -2.38. The van der Waals surface area contributed by atoms with E-state index in [9.17, 15) is 0 Å². The van der Waals surface area contributed by atoms with Crippen molar-refractivity contribution >= 4 is 0 Å². The summed E-state index contributed by atoms with van der Waals surface area (Å²) in [5, 5.41) is 0. The standard InChI is InChI=1S/C15H24/c1-11(2)13-7-9-15(4)8-5-6-12(3)14(15)10-13/h13-14H,1,3,5-10H2,2,4H3/t13-,14-,15-/m0/s1. The largest absolute Gasteiger partial charge is 0.0999 e. The molecule has 0 spiro atoms. The van der Waals surface area contributed by atoms with E-state index in [0.717, 1.165) is 11.8 Å². The molecule has 84 valence electrons. The Balaban J connectivity index is 2.16. The van der Waals surface area contributed by atoms with E-state index in [1.54, 1.807) is 0 Å². The van der Waals surface area contributed by atoms with Gasteiger partial charge in [-0.25, -0.2) is 0 Å². The van der Waals surface area contributed by atoms with Crippen molar-refractivity contribution in [3.05, 3.63) is 24.3 Å². The van der Waals surface area contributed by atoms with Gasteiger partial charge < -0.3 is 0 Å². The van der Waals surface area contributed by atoms with Crippen LogP contribution in [0.25, 0.3) is 0 Å². The normalized spacial score (nSPS) is 41.1. The average molecular weight is 204 g/mol. The maximum absolute atomic E-state index is 4.31. The summed E-state index contributed by atoms with van der Waals surface area (Å²) in [6.07, 6.45) is 8.11. The van der Waals surface area contributed by atoms with Gasteiger partial charge in [0.1, 0.15) is 0 Å². The molecule has 0 radical (unpaired) electrons. The highest BCUT2D eigenvalue weighted by molar-refractivity contribution is 5.15. The lowest BCUT2D eigenvalue weighted by molar-refractivity contribution is 0.0832. The van der Waals surface area contributed by atoms with Crippen LogP contribution < -0.4 is 0 Å². The van der Waals surface area contributed by atoms with Crippen LogP contribution in [0.15, 0.2) is 24.3 Å². The smallest absolute Gasteiger partial charge is 0.0146 e. The molecule has 0 heteroatoms. The van der Waals surface area contributed by atoms with Crippen LogP contribution in [0.1, 0.15) is 52.4 Å². The predicted octanol–water partition coefficient (Wildman–Crippen LogP) is 4.73. The van der Waals surface area contributed by atoms with Crippen molar-refractivity contribution < 1.29 is 0 Å². The van der Waals surface area contributed by atoms with Crippen LogP contribution in [-0.2, 0) is 0 Å². The molecule has 0 aromatic carbocycles. The molecule has 0 saturated heterocycles. The first kappa shape index (κ1) is 11.0. The molecule has 2 fully saturated rings. The van der Waals surface area contributed by atoms with Crippen LogP contribution in [-0.4, -0.2) is 0 Å². The van der Waals surface area contributed by atoms with Crippen LogP contribution in [0.4, 0.5) is 0 Å². The summed E-state index contributed by atoms with van der Waals surface area (Å²) in [5.74, 6) is 1.54. The van der Waals surface area contributed by atoms with Crippen molar-refractivity contribution in [3.8, 4) is 0 Å². The molecule has 0 aromatic rings. The lowest BCUT2D eigenvalue weighted by Gasteiger charge is -2.49. The van der Waals surface area contributed by atoms with E-state index in [0.29, 0.717) is 5.41 Å². The van der Waals surface area contributed by atoms with Crippen molar-refractivity contribution in [1.82, 2.24) is 0 Å². The third-order valence-electron chi connectivity index (χ3n) is 4.86. The SMILES string of the molecule is C=C(C)[C@H]1CC[C@]2(C)CCCC(=C)[C@@H]2C1. The van der Waals surface area contributed by atoms with E-state index in [4.69, 9.17) is 0 Å². The molecule has 0 N–H and O–H groups in total. The van der Waals surface area contributed by atoms with Gasteiger partial charge in [0.15, 0.2) is 0 Å². The van der Waals surface area contributed by atoms with Crippen LogP contribution >= 0.6 is 0 Å². The summed E-state index contributed by atoms with van der Waals surface area (Å²) >= 11 is 0. The number of hydrogen-bond acceptors (Lipinski definition) is 0. The van der Waals surface area contributed by atoms with Gasteiger partial charge in [0.2, 0.25) is 0 Å². The molecule has 0 heterocycles. The zero-order valence-electron chi connectivity index (χ0n) is 10.3. The van der Waals surface area contributed by atoms with E-state index in [1.807, 2.05) is 0 Å². The molecule has 15 heavy (non-hydrogen) atoms. The average Bonchev–Trinajstić information content (AvgIpc) is 2.17. The van der Waals surface area contributed by atoms with Crippen molar-refractivity contribution in [2.75, 3.05) is 0 Å². The van der Waals surface area contributed by atoms with E-state index in [2.05, 4.69) is 27.0 Å². The van der Waals surface area contributed by atoms with E-state index >= 15 is 0 Å². The van der Waals surface area contributed by atoms with Crippen LogP contribution in [0, 0.1) is 17.3 Å². The Labute approximate surface area is 94.5 Å². The second-order valence-electron chi connectivity index (χ2n) is 6.04. The zero-order chi connectivity index (χ0) is 11.1. The Morgan fingerprint density at radius 1 is 1.40 bits per heavy atom. The second-order valence-corrected chi connectivity index (χ2v) is 6.04. The molecule has 0 nitrogen and oxygen atoms in total. The van der Waals surface area contributed by atoms with Gasteiger partial charge in [0.25, 0.3) is 0 Å². The minimum atomic E-state index is 0.571. The Bertz CT molecular complexity index is 286. The monoisotopic (exact) mass is 204 g/mol. The number of fused-ring (bicyclic) bond motifs is 1. The van der Waals surface area contributed by atoms with Crippen molar-refractivity contribution in [1.29, 1.82) is 0 Å². The first-order valence-corrected chi connectivity index (χ1v) is 6.36. The van der Waals surface area contributed by atoms with Crippen LogP contribution in [0.3, 0.4) is 0 Å². The highest BCUT2D eigenvalue weighted by Gasteiger charge is 2.42. The molecular weight excluding hydrogens is 180 g/mol.